The number of pyridine rings is 1. The Morgan fingerprint density at radius 3 is 2.62 bits per heavy atom. The molecule has 1 aromatic heterocycles. The molecule has 0 amide bonds. The molecule has 0 radical (unpaired) electrons. The fourth-order valence-electron chi connectivity index (χ4n) is 2.72. The largest absolute Gasteiger partial charge is 0.476 e. The minimum atomic E-state index is -0.0877. The highest BCUT2D eigenvalue weighted by atomic mass is 16.5. The summed E-state index contributed by atoms with van der Waals surface area (Å²) >= 11 is 0. The first-order valence-electron chi connectivity index (χ1n) is 7.81. The quantitative estimate of drug-likeness (QED) is 0.782. The maximum absolute atomic E-state index is 11.3. The van der Waals surface area contributed by atoms with Crippen LogP contribution in [0.15, 0.2) is 12.3 Å². The Bertz CT molecular complexity index is 474. The number of ether oxygens (including phenoxy) is 1. The lowest BCUT2D eigenvalue weighted by molar-refractivity contribution is 0.112. The van der Waals surface area contributed by atoms with E-state index in [4.69, 9.17) is 4.74 Å². The fourth-order valence-corrected chi connectivity index (χ4v) is 2.72. The first kappa shape index (κ1) is 16.0. The second kappa shape index (κ2) is 7.03. The van der Waals surface area contributed by atoms with Gasteiger partial charge in [-0.1, -0.05) is 27.2 Å². The van der Waals surface area contributed by atoms with Gasteiger partial charge in [0.1, 0.15) is 6.61 Å². The maximum Gasteiger partial charge on any atom is 0.213 e. The van der Waals surface area contributed by atoms with Crippen LogP contribution in [-0.4, -0.2) is 42.4 Å². The van der Waals surface area contributed by atoms with Gasteiger partial charge < -0.3 is 4.74 Å². The number of carbonyl (C=O) groups is 1. The molecule has 0 unspecified atom stereocenters. The number of likely N-dealkylation sites (tertiary alicyclic amines) is 1. The molecule has 1 aromatic rings. The molecule has 0 aliphatic carbocycles. The molecule has 1 fully saturated rings. The van der Waals surface area contributed by atoms with Crippen LogP contribution in [0.4, 0.5) is 0 Å². The lowest BCUT2D eigenvalue weighted by Crippen LogP contribution is -2.33. The summed E-state index contributed by atoms with van der Waals surface area (Å²) in [6, 6.07) is 1.75. The predicted octanol–water partition coefficient (Wildman–Crippen LogP) is 3.06. The van der Waals surface area contributed by atoms with E-state index in [1.165, 1.54) is 32.4 Å². The Labute approximate surface area is 127 Å². The minimum absolute atomic E-state index is 0.0877. The number of nitrogens with zero attached hydrogens (tertiary/aromatic N) is 2. The summed E-state index contributed by atoms with van der Waals surface area (Å²) in [5, 5.41) is 0. The number of piperidine rings is 1. The van der Waals surface area contributed by atoms with Gasteiger partial charge in [0.15, 0.2) is 6.29 Å². The highest BCUT2D eigenvalue weighted by Crippen LogP contribution is 2.26. The summed E-state index contributed by atoms with van der Waals surface area (Å²) < 4.78 is 5.71. The van der Waals surface area contributed by atoms with Gasteiger partial charge in [0.05, 0.1) is 0 Å². The predicted molar refractivity (Wildman–Crippen MR) is 84.1 cm³/mol. The summed E-state index contributed by atoms with van der Waals surface area (Å²) in [6.45, 7) is 10.1. The van der Waals surface area contributed by atoms with Gasteiger partial charge in [-0.3, -0.25) is 9.69 Å². The zero-order chi connectivity index (χ0) is 15.3. The number of hydrogen-bond acceptors (Lipinski definition) is 4. The highest BCUT2D eigenvalue weighted by Gasteiger charge is 2.19. The number of carbonyl (C=O) groups excluding carboxylic acids is 1. The summed E-state index contributed by atoms with van der Waals surface area (Å²) in [5.41, 5.74) is 1.54. The summed E-state index contributed by atoms with van der Waals surface area (Å²) in [4.78, 5) is 18.0. The van der Waals surface area contributed by atoms with Crippen molar-refractivity contribution in [3.63, 3.8) is 0 Å². The van der Waals surface area contributed by atoms with E-state index < -0.39 is 0 Å². The highest BCUT2D eigenvalue weighted by molar-refractivity contribution is 5.78. The van der Waals surface area contributed by atoms with Gasteiger partial charge in [0.2, 0.25) is 5.88 Å². The van der Waals surface area contributed by atoms with Crippen LogP contribution in [0.5, 0.6) is 5.88 Å². The van der Waals surface area contributed by atoms with Crippen LogP contribution in [0.3, 0.4) is 0 Å². The van der Waals surface area contributed by atoms with Gasteiger partial charge in [-0.05, 0) is 36.9 Å². The molecule has 0 aromatic carbocycles. The molecule has 21 heavy (non-hydrogen) atoms. The smallest absolute Gasteiger partial charge is 0.213 e. The molecule has 0 bridgehead atoms. The summed E-state index contributed by atoms with van der Waals surface area (Å²) in [6.07, 6.45) is 6.57. The molecule has 0 spiro atoms. The maximum atomic E-state index is 11.3. The van der Waals surface area contributed by atoms with E-state index >= 15 is 0 Å². The third-order valence-electron chi connectivity index (χ3n) is 3.95. The zero-order valence-corrected chi connectivity index (χ0v) is 13.4. The second-order valence-electron chi connectivity index (χ2n) is 6.73. The lowest BCUT2D eigenvalue weighted by atomic mass is 9.85. The molecule has 4 heteroatoms. The van der Waals surface area contributed by atoms with Crippen molar-refractivity contribution in [2.45, 2.75) is 45.4 Å². The van der Waals surface area contributed by atoms with Crippen LogP contribution in [0.2, 0.25) is 0 Å². The number of rotatable bonds is 5. The molecule has 0 atom stereocenters. The third kappa shape index (κ3) is 4.53. The molecule has 1 aliphatic rings. The average Bonchev–Trinajstić information content (AvgIpc) is 2.47. The first-order valence-corrected chi connectivity index (χ1v) is 7.81. The Hall–Kier alpha value is -1.42. The van der Waals surface area contributed by atoms with Crippen LogP contribution >= 0.6 is 0 Å². The Morgan fingerprint density at radius 2 is 2.00 bits per heavy atom. The molecule has 1 saturated heterocycles. The van der Waals surface area contributed by atoms with Gasteiger partial charge in [-0.2, -0.15) is 0 Å². The number of aromatic nitrogens is 1. The first-order chi connectivity index (χ1) is 10.0. The summed E-state index contributed by atoms with van der Waals surface area (Å²) in [5.74, 6) is 0.544. The Balaban J connectivity index is 1.93. The molecule has 0 N–H and O–H groups in total. The average molecular weight is 290 g/mol. The molecule has 2 heterocycles. The van der Waals surface area contributed by atoms with Crippen molar-refractivity contribution < 1.29 is 9.53 Å². The van der Waals surface area contributed by atoms with E-state index in [1.54, 1.807) is 12.3 Å². The molecular formula is C17H26N2O2. The topological polar surface area (TPSA) is 42.4 Å². The van der Waals surface area contributed by atoms with E-state index in [2.05, 4.69) is 30.7 Å². The second-order valence-corrected chi connectivity index (χ2v) is 6.73. The van der Waals surface area contributed by atoms with E-state index in [0.717, 1.165) is 18.4 Å². The number of aldehydes is 1. The van der Waals surface area contributed by atoms with Gasteiger partial charge in [-0.15, -0.1) is 0 Å². The van der Waals surface area contributed by atoms with Crippen LogP contribution in [-0.2, 0) is 5.41 Å². The molecule has 0 saturated carbocycles. The summed E-state index contributed by atoms with van der Waals surface area (Å²) in [7, 11) is 0. The molecular weight excluding hydrogens is 264 g/mol. The molecule has 4 nitrogen and oxygen atoms in total. The van der Waals surface area contributed by atoms with Gasteiger partial charge in [-0.25, -0.2) is 4.98 Å². The van der Waals surface area contributed by atoms with Crippen molar-refractivity contribution in [1.82, 2.24) is 9.88 Å². The Kier molecular flexibility index (Phi) is 5.34. The minimum Gasteiger partial charge on any atom is -0.476 e. The van der Waals surface area contributed by atoms with Crippen molar-refractivity contribution in [3.8, 4) is 5.88 Å². The van der Waals surface area contributed by atoms with Crippen molar-refractivity contribution in [1.29, 1.82) is 0 Å². The van der Waals surface area contributed by atoms with Crippen LogP contribution < -0.4 is 4.74 Å². The van der Waals surface area contributed by atoms with Gasteiger partial charge in [0.25, 0.3) is 0 Å². The zero-order valence-electron chi connectivity index (χ0n) is 13.4. The van der Waals surface area contributed by atoms with E-state index in [9.17, 15) is 4.79 Å². The van der Waals surface area contributed by atoms with E-state index in [-0.39, 0.29) is 5.41 Å². The fraction of sp³-hybridized carbons (Fsp3) is 0.647. The van der Waals surface area contributed by atoms with Crippen molar-refractivity contribution >= 4 is 6.29 Å². The monoisotopic (exact) mass is 290 g/mol. The number of hydrogen-bond donors (Lipinski definition) is 0. The molecule has 1 aliphatic heterocycles. The van der Waals surface area contributed by atoms with Gasteiger partial charge >= 0.3 is 0 Å². The van der Waals surface area contributed by atoms with Gasteiger partial charge in [0, 0.05) is 24.4 Å². The standard InChI is InChI=1S/C17H26N2O2/c1-17(2,3)15-12-18-16(11-14(15)13-20)21-10-9-19-7-5-4-6-8-19/h11-13H,4-10H2,1-3H3. The van der Waals surface area contributed by atoms with Crippen molar-refractivity contribution in [3.05, 3.63) is 23.4 Å². The van der Waals surface area contributed by atoms with Crippen molar-refractivity contribution in [2.24, 2.45) is 0 Å². The van der Waals surface area contributed by atoms with Crippen molar-refractivity contribution in [2.75, 3.05) is 26.2 Å². The Morgan fingerprint density at radius 1 is 1.29 bits per heavy atom. The lowest BCUT2D eigenvalue weighted by Gasteiger charge is -2.26. The van der Waals surface area contributed by atoms with E-state index in [1.807, 2.05) is 0 Å². The van der Waals surface area contributed by atoms with Crippen LogP contribution in [0.25, 0.3) is 0 Å². The normalized spacial score (nSPS) is 16.7. The molecule has 116 valence electrons. The SMILES string of the molecule is CC(C)(C)c1cnc(OCCN2CCCCC2)cc1C=O. The third-order valence-corrected chi connectivity index (χ3v) is 3.95. The van der Waals surface area contributed by atoms with Crippen LogP contribution in [0.1, 0.15) is 56.0 Å². The molecule has 2 rings (SSSR count). The van der Waals surface area contributed by atoms with E-state index in [0.29, 0.717) is 18.1 Å². The van der Waals surface area contributed by atoms with Crippen LogP contribution in [0, 0.1) is 0 Å².